The highest BCUT2D eigenvalue weighted by atomic mass is 32.2. The number of carbonyl (C=O) groups is 3. The van der Waals surface area contributed by atoms with Gasteiger partial charge in [-0.15, -0.1) is 11.8 Å². The first-order chi connectivity index (χ1) is 12.9. The fraction of sp³-hybridized carbons (Fsp3) is 0.250. The number of rotatable bonds is 7. The van der Waals surface area contributed by atoms with Gasteiger partial charge in [-0.05, 0) is 68.6 Å². The Morgan fingerprint density at radius 1 is 0.926 bits per heavy atom. The molecule has 27 heavy (non-hydrogen) atoms. The van der Waals surface area contributed by atoms with Crippen molar-refractivity contribution >= 4 is 35.3 Å². The number of hydrogen-bond donors (Lipinski definition) is 1. The Balaban J connectivity index is 1.84. The summed E-state index contributed by atoms with van der Waals surface area (Å²) in [5.41, 5.74) is 1.26. The Hall–Kier alpha value is -2.80. The van der Waals surface area contributed by atoms with E-state index in [1.165, 1.54) is 0 Å². The average molecular weight is 387 g/mol. The molecule has 0 saturated heterocycles. The SMILES string of the molecule is CSc1ccc(C(=O)OCC(=O)Nc2ccc(C(=O)OC(C)C)cc2)cc1. The molecule has 2 aromatic rings. The van der Waals surface area contributed by atoms with Crippen molar-refractivity contribution in [2.24, 2.45) is 0 Å². The molecule has 0 aliphatic carbocycles. The number of esters is 2. The lowest BCUT2D eigenvalue weighted by molar-refractivity contribution is -0.119. The summed E-state index contributed by atoms with van der Waals surface area (Å²) >= 11 is 1.57. The van der Waals surface area contributed by atoms with Crippen LogP contribution in [0.1, 0.15) is 34.6 Å². The van der Waals surface area contributed by atoms with E-state index in [9.17, 15) is 14.4 Å². The van der Waals surface area contributed by atoms with Crippen LogP contribution in [0.5, 0.6) is 0 Å². The van der Waals surface area contributed by atoms with Gasteiger partial charge < -0.3 is 14.8 Å². The normalized spacial score (nSPS) is 10.4. The van der Waals surface area contributed by atoms with E-state index in [1.54, 1.807) is 62.0 Å². The van der Waals surface area contributed by atoms with Gasteiger partial charge in [0.2, 0.25) is 0 Å². The maximum absolute atomic E-state index is 11.9. The molecule has 0 fully saturated rings. The van der Waals surface area contributed by atoms with Gasteiger partial charge in [0.15, 0.2) is 6.61 Å². The second-order valence-corrected chi connectivity index (χ2v) is 6.76. The molecule has 0 unspecified atom stereocenters. The van der Waals surface area contributed by atoms with Crippen LogP contribution in [-0.4, -0.2) is 36.8 Å². The molecule has 7 heteroatoms. The van der Waals surface area contributed by atoms with Crippen LogP contribution >= 0.6 is 11.8 Å². The molecule has 1 amide bonds. The summed E-state index contributed by atoms with van der Waals surface area (Å²) in [5, 5.41) is 2.60. The highest BCUT2D eigenvalue weighted by molar-refractivity contribution is 7.98. The van der Waals surface area contributed by atoms with Gasteiger partial charge in [0.1, 0.15) is 0 Å². The lowest BCUT2D eigenvalue weighted by atomic mass is 10.2. The number of benzene rings is 2. The number of carbonyl (C=O) groups excluding carboxylic acids is 3. The molecule has 6 nitrogen and oxygen atoms in total. The predicted octanol–water partition coefficient (Wildman–Crippen LogP) is 3.77. The number of anilines is 1. The van der Waals surface area contributed by atoms with Gasteiger partial charge in [0, 0.05) is 10.6 Å². The smallest absolute Gasteiger partial charge is 0.338 e. The standard InChI is InChI=1S/C20H21NO5S/c1-13(2)26-20(24)15-4-8-16(9-5-15)21-18(22)12-25-19(23)14-6-10-17(27-3)11-7-14/h4-11,13H,12H2,1-3H3,(H,21,22). The topological polar surface area (TPSA) is 81.7 Å². The number of hydrogen-bond acceptors (Lipinski definition) is 6. The van der Waals surface area contributed by atoms with Gasteiger partial charge in [-0.25, -0.2) is 9.59 Å². The van der Waals surface area contributed by atoms with Gasteiger partial charge in [-0.3, -0.25) is 4.79 Å². The highest BCUT2D eigenvalue weighted by Crippen LogP contribution is 2.15. The molecule has 2 aromatic carbocycles. The van der Waals surface area contributed by atoms with Crippen LogP contribution in [0.3, 0.4) is 0 Å². The van der Waals surface area contributed by atoms with Crippen LogP contribution in [0.25, 0.3) is 0 Å². The highest BCUT2D eigenvalue weighted by Gasteiger charge is 2.12. The minimum atomic E-state index is -0.565. The molecule has 0 heterocycles. The van der Waals surface area contributed by atoms with Crippen LogP contribution in [0.2, 0.25) is 0 Å². The molecule has 0 aromatic heterocycles. The van der Waals surface area contributed by atoms with E-state index >= 15 is 0 Å². The van der Waals surface area contributed by atoms with Crippen molar-refractivity contribution in [3.63, 3.8) is 0 Å². The summed E-state index contributed by atoms with van der Waals surface area (Å²) < 4.78 is 10.1. The minimum absolute atomic E-state index is 0.205. The van der Waals surface area contributed by atoms with Crippen LogP contribution in [0, 0.1) is 0 Å². The zero-order chi connectivity index (χ0) is 19.8. The fourth-order valence-corrected chi connectivity index (χ4v) is 2.52. The Morgan fingerprint density at radius 2 is 1.48 bits per heavy atom. The van der Waals surface area contributed by atoms with Crippen molar-refractivity contribution < 1.29 is 23.9 Å². The maximum Gasteiger partial charge on any atom is 0.338 e. The van der Waals surface area contributed by atoms with Crippen LogP contribution < -0.4 is 5.32 Å². The van der Waals surface area contributed by atoms with E-state index in [0.717, 1.165) is 4.90 Å². The van der Waals surface area contributed by atoms with Crippen LogP contribution in [0.4, 0.5) is 5.69 Å². The van der Waals surface area contributed by atoms with E-state index in [1.807, 2.05) is 18.4 Å². The van der Waals surface area contributed by atoms with Crippen molar-refractivity contribution in [1.82, 2.24) is 0 Å². The molecule has 0 atom stereocenters. The van der Waals surface area contributed by atoms with Gasteiger partial charge in [0.25, 0.3) is 5.91 Å². The molecule has 142 valence electrons. The lowest BCUT2D eigenvalue weighted by Gasteiger charge is -2.09. The molecule has 0 bridgehead atoms. The van der Waals surface area contributed by atoms with Crippen LogP contribution in [-0.2, 0) is 14.3 Å². The van der Waals surface area contributed by atoms with Gasteiger partial charge in [0.05, 0.1) is 17.2 Å². The molecule has 2 rings (SSSR count). The van der Waals surface area contributed by atoms with E-state index in [-0.39, 0.29) is 6.10 Å². The third-order valence-corrected chi connectivity index (χ3v) is 4.15. The van der Waals surface area contributed by atoms with Crippen molar-refractivity contribution in [3.8, 4) is 0 Å². The summed E-state index contributed by atoms with van der Waals surface area (Å²) in [6.07, 6.45) is 1.74. The summed E-state index contributed by atoms with van der Waals surface area (Å²) in [7, 11) is 0. The summed E-state index contributed by atoms with van der Waals surface area (Å²) in [4.78, 5) is 36.7. The molecular formula is C20H21NO5S. The van der Waals surface area contributed by atoms with Gasteiger partial charge in [-0.1, -0.05) is 0 Å². The number of thioether (sulfide) groups is 1. The first kappa shape index (κ1) is 20.5. The number of amides is 1. The van der Waals surface area contributed by atoms with Crippen molar-refractivity contribution in [2.75, 3.05) is 18.2 Å². The van der Waals surface area contributed by atoms with E-state index in [2.05, 4.69) is 5.32 Å². The average Bonchev–Trinajstić information content (AvgIpc) is 2.66. The lowest BCUT2D eigenvalue weighted by Crippen LogP contribution is -2.21. The Kier molecular flexibility index (Phi) is 7.43. The summed E-state index contributed by atoms with van der Waals surface area (Å²) in [6, 6.07) is 13.2. The quantitative estimate of drug-likeness (QED) is 0.575. The van der Waals surface area contributed by atoms with E-state index < -0.39 is 24.5 Å². The number of ether oxygens (including phenoxy) is 2. The number of nitrogens with one attached hydrogen (secondary N) is 1. The molecule has 0 aliphatic rings. The molecule has 0 radical (unpaired) electrons. The van der Waals surface area contributed by atoms with Crippen molar-refractivity contribution in [2.45, 2.75) is 24.8 Å². The molecule has 0 saturated carbocycles. The fourth-order valence-electron chi connectivity index (χ4n) is 2.11. The molecule has 0 aliphatic heterocycles. The van der Waals surface area contributed by atoms with Crippen molar-refractivity contribution in [1.29, 1.82) is 0 Å². The largest absolute Gasteiger partial charge is 0.459 e. The summed E-state index contributed by atoms with van der Waals surface area (Å²) in [6.45, 7) is 3.13. The zero-order valence-corrected chi connectivity index (χ0v) is 16.2. The Labute approximate surface area is 162 Å². The first-order valence-electron chi connectivity index (χ1n) is 8.31. The molecular weight excluding hydrogens is 366 g/mol. The maximum atomic E-state index is 11.9. The minimum Gasteiger partial charge on any atom is -0.459 e. The predicted molar refractivity (Wildman–Crippen MR) is 104 cm³/mol. The first-order valence-corrected chi connectivity index (χ1v) is 9.53. The third-order valence-electron chi connectivity index (χ3n) is 3.41. The van der Waals surface area contributed by atoms with E-state index in [0.29, 0.717) is 16.8 Å². The van der Waals surface area contributed by atoms with Crippen molar-refractivity contribution in [3.05, 3.63) is 59.7 Å². The van der Waals surface area contributed by atoms with E-state index in [4.69, 9.17) is 9.47 Å². The second kappa shape index (κ2) is 9.78. The third kappa shape index (κ3) is 6.45. The Bertz CT molecular complexity index is 800. The monoisotopic (exact) mass is 387 g/mol. The van der Waals surface area contributed by atoms with Crippen LogP contribution in [0.15, 0.2) is 53.4 Å². The molecule has 0 spiro atoms. The zero-order valence-electron chi connectivity index (χ0n) is 15.4. The molecule has 1 N–H and O–H groups in total. The van der Waals surface area contributed by atoms with Gasteiger partial charge in [-0.2, -0.15) is 0 Å². The second-order valence-electron chi connectivity index (χ2n) is 5.88. The Morgan fingerprint density at radius 3 is 2.04 bits per heavy atom. The van der Waals surface area contributed by atoms with Gasteiger partial charge >= 0.3 is 11.9 Å². The summed E-state index contributed by atoms with van der Waals surface area (Å²) in [5.74, 6) is -1.46.